The lowest BCUT2D eigenvalue weighted by Gasteiger charge is -2.36. The van der Waals surface area contributed by atoms with Crippen molar-refractivity contribution in [1.82, 2.24) is 0 Å². The number of benzene rings is 1. The molecular formula is C12H11ClO2. The minimum atomic E-state index is 0.483. The zero-order chi connectivity index (χ0) is 10.4. The Morgan fingerprint density at radius 2 is 2.33 bits per heavy atom. The minimum Gasteiger partial charge on any atom is -0.497 e. The summed E-state index contributed by atoms with van der Waals surface area (Å²) in [6, 6.07) is 5.85. The van der Waals surface area contributed by atoms with Crippen LogP contribution in [0.3, 0.4) is 0 Å². The molecule has 15 heavy (non-hydrogen) atoms. The van der Waals surface area contributed by atoms with Gasteiger partial charge in [-0.3, -0.25) is 0 Å². The number of hydrogen-bond donors (Lipinski definition) is 0. The van der Waals surface area contributed by atoms with Gasteiger partial charge in [-0.25, -0.2) is 0 Å². The van der Waals surface area contributed by atoms with E-state index < -0.39 is 0 Å². The third kappa shape index (κ3) is 1.25. The van der Waals surface area contributed by atoms with Crippen LogP contribution in [0.15, 0.2) is 23.2 Å². The quantitative estimate of drug-likeness (QED) is 0.727. The van der Waals surface area contributed by atoms with Gasteiger partial charge in [-0.1, -0.05) is 11.6 Å². The highest BCUT2D eigenvalue weighted by molar-refractivity contribution is 6.34. The zero-order valence-corrected chi connectivity index (χ0v) is 9.17. The smallest absolute Gasteiger partial charge is 0.127 e. The molecule has 0 fully saturated rings. The molecule has 0 saturated carbocycles. The maximum absolute atomic E-state index is 6.13. The standard InChI is InChI=1S/C12H11ClO2/c1-14-8-2-3-11-9(5-8)12-7(6-15-11)4-10(12)13/h2-3,5,7H,4,6H2,1H3. The van der Waals surface area contributed by atoms with Crippen molar-refractivity contribution in [2.75, 3.05) is 13.7 Å². The van der Waals surface area contributed by atoms with Gasteiger partial charge in [0.1, 0.15) is 11.5 Å². The number of methoxy groups -OCH3 is 1. The normalized spacial score (nSPS) is 22.4. The molecule has 0 bridgehead atoms. The molecule has 0 amide bonds. The van der Waals surface area contributed by atoms with Gasteiger partial charge >= 0.3 is 0 Å². The molecule has 1 aliphatic heterocycles. The van der Waals surface area contributed by atoms with Crippen molar-refractivity contribution >= 4 is 17.2 Å². The molecule has 78 valence electrons. The Hall–Kier alpha value is -1.15. The summed E-state index contributed by atoms with van der Waals surface area (Å²) in [4.78, 5) is 0. The first-order chi connectivity index (χ1) is 7.29. The molecule has 0 N–H and O–H groups in total. The molecule has 2 aliphatic rings. The van der Waals surface area contributed by atoms with E-state index in [9.17, 15) is 0 Å². The molecule has 2 nitrogen and oxygen atoms in total. The lowest BCUT2D eigenvalue weighted by Crippen LogP contribution is -2.26. The van der Waals surface area contributed by atoms with Crippen LogP contribution in [0.25, 0.3) is 5.57 Å². The SMILES string of the molecule is COc1ccc2c(c1)C1=C(Cl)CC1CO2. The third-order valence-corrected chi connectivity index (χ3v) is 3.40. The van der Waals surface area contributed by atoms with Gasteiger partial charge in [-0.05, 0) is 30.2 Å². The van der Waals surface area contributed by atoms with Crippen LogP contribution in [0.4, 0.5) is 0 Å². The van der Waals surface area contributed by atoms with E-state index in [2.05, 4.69) is 0 Å². The van der Waals surface area contributed by atoms with Crippen molar-refractivity contribution in [1.29, 1.82) is 0 Å². The Morgan fingerprint density at radius 1 is 1.47 bits per heavy atom. The van der Waals surface area contributed by atoms with Gasteiger partial charge in [0.25, 0.3) is 0 Å². The van der Waals surface area contributed by atoms with Crippen molar-refractivity contribution in [3.05, 3.63) is 28.8 Å². The first-order valence-electron chi connectivity index (χ1n) is 4.99. The van der Waals surface area contributed by atoms with Crippen LogP contribution in [0.2, 0.25) is 0 Å². The molecule has 1 aromatic carbocycles. The number of ether oxygens (including phenoxy) is 2. The maximum Gasteiger partial charge on any atom is 0.127 e. The van der Waals surface area contributed by atoms with Gasteiger partial charge in [-0.15, -0.1) is 0 Å². The van der Waals surface area contributed by atoms with Gasteiger partial charge in [0.05, 0.1) is 13.7 Å². The molecule has 1 aliphatic carbocycles. The number of halogens is 1. The molecule has 3 rings (SSSR count). The second-order valence-electron chi connectivity index (χ2n) is 3.89. The highest BCUT2D eigenvalue weighted by Gasteiger charge is 2.35. The summed E-state index contributed by atoms with van der Waals surface area (Å²) in [7, 11) is 1.67. The molecule has 3 heteroatoms. The van der Waals surface area contributed by atoms with Crippen LogP contribution in [0, 0.1) is 5.92 Å². The second kappa shape index (κ2) is 3.17. The van der Waals surface area contributed by atoms with E-state index in [1.165, 1.54) is 5.57 Å². The number of fused-ring (bicyclic) bond motifs is 3. The summed E-state index contributed by atoms with van der Waals surface area (Å²) in [6.45, 7) is 0.755. The Balaban J connectivity index is 2.15. The summed E-state index contributed by atoms with van der Waals surface area (Å²) < 4.78 is 10.9. The first-order valence-corrected chi connectivity index (χ1v) is 5.37. The van der Waals surface area contributed by atoms with Crippen LogP contribution >= 0.6 is 11.6 Å². The minimum absolute atomic E-state index is 0.483. The van der Waals surface area contributed by atoms with Gasteiger partial charge in [0, 0.05) is 16.5 Å². The third-order valence-electron chi connectivity index (χ3n) is 3.04. The van der Waals surface area contributed by atoms with E-state index in [0.29, 0.717) is 5.92 Å². The predicted molar refractivity (Wildman–Crippen MR) is 59.4 cm³/mol. The fourth-order valence-corrected chi connectivity index (χ4v) is 2.63. The van der Waals surface area contributed by atoms with E-state index in [1.54, 1.807) is 7.11 Å². The van der Waals surface area contributed by atoms with E-state index in [4.69, 9.17) is 21.1 Å². The summed E-state index contributed by atoms with van der Waals surface area (Å²) in [5, 5.41) is 0.970. The average Bonchev–Trinajstić information content (AvgIpc) is 2.25. The lowest BCUT2D eigenvalue weighted by molar-refractivity contribution is 0.257. The van der Waals surface area contributed by atoms with Crippen LogP contribution in [0.1, 0.15) is 12.0 Å². The average molecular weight is 223 g/mol. The van der Waals surface area contributed by atoms with Crippen molar-refractivity contribution in [3.63, 3.8) is 0 Å². The molecule has 1 heterocycles. The van der Waals surface area contributed by atoms with Crippen molar-refractivity contribution in [2.45, 2.75) is 6.42 Å². The van der Waals surface area contributed by atoms with Crippen LogP contribution in [0.5, 0.6) is 11.5 Å². The van der Waals surface area contributed by atoms with Crippen LogP contribution in [-0.4, -0.2) is 13.7 Å². The van der Waals surface area contributed by atoms with Gasteiger partial charge < -0.3 is 9.47 Å². The zero-order valence-electron chi connectivity index (χ0n) is 8.42. The monoisotopic (exact) mass is 222 g/mol. The summed E-state index contributed by atoms with van der Waals surface area (Å²) in [5.41, 5.74) is 2.35. The molecule has 0 spiro atoms. The molecule has 1 unspecified atom stereocenters. The first kappa shape index (κ1) is 9.10. The summed E-state index contributed by atoms with van der Waals surface area (Å²) in [5.74, 6) is 2.25. The predicted octanol–water partition coefficient (Wildman–Crippen LogP) is 3.06. The van der Waals surface area contributed by atoms with Gasteiger partial charge in [0.2, 0.25) is 0 Å². The van der Waals surface area contributed by atoms with E-state index in [0.717, 1.165) is 35.1 Å². The molecule has 1 aromatic rings. The Kier molecular flexibility index (Phi) is 1.93. The van der Waals surface area contributed by atoms with E-state index in [-0.39, 0.29) is 0 Å². The maximum atomic E-state index is 6.13. The topological polar surface area (TPSA) is 18.5 Å². The van der Waals surface area contributed by atoms with Crippen molar-refractivity contribution < 1.29 is 9.47 Å². The Labute approximate surface area is 93.5 Å². The van der Waals surface area contributed by atoms with Gasteiger partial charge in [0.15, 0.2) is 0 Å². The Morgan fingerprint density at radius 3 is 3.07 bits per heavy atom. The number of allylic oxidation sites excluding steroid dienone is 1. The summed E-state index contributed by atoms with van der Waals surface area (Å²) >= 11 is 6.13. The Bertz CT molecular complexity index is 451. The highest BCUT2D eigenvalue weighted by Crippen LogP contribution is 2.50. The second-order valence-corrected chi connectivity index (χ2v) is 4.35. The fourth-order valence-electron chi connectivity index (χ4n) is 2.19. The van der Waals surface area contributed by atoms with E-state index in [1.807, 2.05) is 18.2 Å². The van der Waals surface area contributed by atoms with Crippen molar-refractivity contribution in [2.24, 2.45) is 5.92 Å². The van der Waals surface area contributed by atoms with E-state index >= 15 is 0 Å². The number of rotatable bonds is 1. The highest BCUT2D eigenvalue weighted by atomic mass is 35.5. The largest absolute Gasteiger partial charge is 0.497 e. The lowest BCUT2D eigenvalue weighted by atomic mass is 9.79. The fraction of sp³-hybridized carbons (Fsp3) is 0.333. The molecular weight excluding hydrogens is 212 g/mol. The van der Waals surface area contributed by atoms with Crippen LogP contribution < -0.4 is 9.47 Å². The molecule has 0 saturated heterocycles. The van der Waals surface area contributed by atoms with Gasteiger partial charge in [-0.2, -0.15) is 0 Å². The molecule has 1 atom stereocenters. The molecule has 0 aromatic heterocycles. The number of hydrogen-bond acceptors (Lipinski definition) is 2. The van der Waals surface area contributed by atoms with Crippen LogP contribution in [-0.2, 0) is 0 Å². The van der Waals surface area contributed by atoms with Crippen molar-refractivity contribution in [3.8, 4) is 11.5 Å². The molecule has 0 radical (unpaired) electrons. The summed E-state index contributed by atoms with van der Waals surface area (Å²) in [6.07, 6.45) is 0.952.